The highest BCUT2D eigenvalue weighted by Gasteiger charge is 2.43. The lowest BCUT2D eigenvalue weighted by Gasteiger charge is -2.31. The van der Waals surface area contributed by atoms with E-state index in [1.807, 2.05) is 47.4 Å². The number of hydrogen-bond donors (Lipinski definition) is 0. The van der Waals surface area contributed by atoms with Gasteiger partial charge >= 0.3 is 0 Å². The maximum atomic E-state index is 13.7. The minimum Gasteiger partial charge on any atom is -0.487 e. The third-order valence-electron chi connectivity index (χ3n) is 6.52. The van der Waals surface area contributed by atoms with Gasteiger partial charge in [0, 0.05) is 31.4 Å². The van der Waals surface area contributed by atoms with E-state index in [0.29, 0.717) is 12.5 Å². The Labute approximate surface area is 176 Å². The van der Waals surface area contributed by atoms with E-state index in [9.17, 15) is 4.79 Å². The zero-order valence-electron chi connectivity index (χ0n) is 16.9. The first-order valence-electron chi connectivity index (χ1n) is 10.9. The number of ether oxygens (including phenoxy) is 1. The lowest BCUT2D eigenvalue weighted by Crippen LogP contribution is -2.46. The molecule has 2 aromatic carbocycles. The van der Waals surface area contributed by atoms with Crippen LogP contribution in [0, 0.1) is 5.92 Å². The molecule has 1 amide bonds. The van der Waals surface area contributed by atoms with Crippen LogP contribution < -0.4 is 9.64 Å². The number of aromatic nitrogens is 1. The predicted molar refractivity (Wildman–Crippen MR) is 116 cm³/mol. The number of carbonyl (C=O) groups is 1. The van der Waals surface area contributed by atoms with Crippen LogP contribution >= 0.6 is 0 Å². The molecular weight excluding hydrogens is 374 g/mol. The average Bonchev–Trinajstić information content (AvgIpc) is 3.50. The second-order valence-electron chi connectivity index (χ2n) is 8.78. The van der Waals surface area contributed by atoms with Crippen LogP contribution in [0.3, 0.4) is 0 Å². The van der Waals surface area contributed by atoms with Crippen molar-refractivity contribution in [1.82, 2.24) is 9.88 Å². The zero-order chi connectivity index (χ0) is 20.1. The summed E-state index contributed by atoms with van der Waals surface area (Å²) in [5.41, 5.74) is 2.92. The first-order valence-corrected chi connectivity index (χ1v) is 10.9. The highest BCUT2D eigenvalue weighted by Crippen LogP contribution is 2.39. The van der Waals surface area contributed by atoms with Gasteiger partial charge in [-0.2, -0.15) is 0 Å². The molecule has 3 aliphatic rings. The number of benzene rings is 2. The van der Waals surface area contributed by atoms with Crippen molar-refractivity contribution in [3.8, 4) is 5.75 Å². The fourth-order valence-electron chi connectivity index (χ4n) is 4.79. The maximum absolute atomic E-state index is 13.7. The van der Waals surface area contributed by atoms with Gasteiger partial charge in [-0.25, -0.2) is 0 Å². The smallest absolute Gasteiger partial charge is 0.244 e. The number of anilines is 1. The van der Waals surface area contributed by atoms with Gasteiger partial charge in [0.2, 0.25) is 5.91 Å². The largest absolute Gasteiger partial charge is 0.487 e. The third-order valence-corrected chi connectivity index (χ3v) is 6.52. The van der Waals surface area contributed by atoms with Crippen molar-refractivity contribution in [2.45, 2.75) is 38.0 Å². The van der Waals surface area contributed by atoms with Crippen molar-refractivity contribution in [2.75, 3.05) is 18.0 Å². The summed E-state index contributed by atoms with van der Waals surface area (Å²) in [6, 6.07) is 20.2. The van der Waals surface area contributed by atoms with Crippen molar-refractivity contribution in [3.05, 3.63) is 66.4 Å². The van der Waals surface area contributed by atoms with E-state index in [-0.39, 0.29) is 18.1 Å². The zero-order valence-corrected chi connectivity index (χ0v) is 16.9. The molecule has 30 heavy (non-hydrogen) atoms. The highest BCUT2D eigenvalue weighted by molar-refractivity contribution is 5.99. The van der Waals surface area contributed by atoms with Crippen LogP contribution in [0.5, 0.6) is 5.75 Å². The van der Waals surface area contributed by atoms with Crippen LogP contribution in [-0.4, -0.2) is 41.0 Å². The molecule has 2 bridgehead atoms. The van der Waals surface area contributed by atoms with E-state index in [0.717, 1.165) is 47.5 Å². The highest BCUT2D eigenvalue weighted by atomic mass is 16.5. The summed E-state index contributed by atoms with van der Waals surface area (Å²) in [4.78, 5) is 22.8. The lowest BCUT2D eigenvalue weighted by atomic mass is 10.1. The number of nitrogens with zero attached hydrogens (tertiary/aromatic N) is 3. The van der Waals surface area contributed by atoms with Crippen molar-refractivity contribution < 1.29 is 9.53 Å². The molecule has 0 spiro atoms. The number of fused-ring (bicyclic) bond motifs is 4. The maximum Gasteiger partial charge on any atom is 0.244 e. The summed E-state index contributed by atoms with van der Waals surface area (Å²) in [6.07, 6.45) is 3.20. The number of likely N-dealkylation sites (tertiary alicyclic amines) is 1. The molecule has 0 unspecified atom stereocenters. The number of rotatable bonds is 4. The van der Waals surface area contributed by atoms with Crippen molar-refractivity contribution in [2.24, 2.45) is 5.92 Å². The standard InChI is InChI=1S/C25H25N3O2/c29-25-23-13-20(30-24-8-4-3-7-22(24)28(25)14-17-9-10-17)16-27(23)15-19-12-11-18-5-1-2-6-21(18)26-19/h1-8,11-12,17,20,23H,9-10,13-16H2/t20-,23-/m0/s1. The van der Waals surface area contributed by atoms with Crippen LogP contribution in [0.4, 0.5) is 5.69 Å². The van der Waals surface area contributed by atoms with E-state index in [1.165, 1.54) is 12.8 Å². The second kappa shape index (κ2) is 7.10. The van der Waals surface area contributed by atoms with Gasteiger partial charge in [0.15, 0.2) is 0 Å². The van der Waals surface area contributed by atoms with Gasteiger partial charge in [0.1, 0.15) is 11.9 Å². The summed E-state index contributed by atoms with van der Waals surface area (Å²) < 4.78 is 6.39. The summed E-state index contributed by atoms with van der Waals surface area (Å²) >= 11 is 0. The van der Waals surface area contributed by atoms with E-state index in [2.05, 4.69) is 23.1 Å². The molecule has 6 rings (SSSR count). The Morgan fingerprint density at radius 3 is 2.73 bits per heavy atom. The van der Waals surface area contributed by atoms with Crippen molar-refractivity contribution in [1.29, 1.82) is 0 Å². The molecule has 1 saturated carbocycles. The van der Waals surface area contributed by atoms with E-state index in [4.69, 9.17) is 9.72 Å². The summed E-state index contributed by atoms with van der Waals surface area (Å²) in [6.45, 7) is 2.20. The Morgan fingerprint density at radius 1 is 1.00 bits per heavy atom. The number of hydrogen-bond acceptors (Lipinski definition) is 4. The van der Waals surface area contributed by atoms with E-state index in [1.54, 1.807) is 0 Å². The molecule has 3 heterocycles. The van der Waals surface area contributed by atoms with Crippen molar-refractivity contribution >= 4 is 22.5 Å². The van der Waals surface area contributed by atoms with Crippen molar-refractivity contribution in [3.63, 3.8) is 0 Å². The van der Waals surface area contributed by atoms with Crippen LogP contribution in [0.1, 0.15) is 25.0 Å². The van der Waals surface area contributed by atoms with Gasteiger partial charge in [0.25, 0.3) is 0 Å². The Bertz CT molecular complexity index is 1110. The molecular formula is C25H25N3O2. The molecule has 1 aromatic heterocycles. The summed E-state index contributed by atoms with van der Waals surface area (Å²) in [5.74, 6) is 1.66. The lowest BCUT2D eigenvalue weighted by molar-refractivity contribution is -0.123. The Hall–Kier alpha value is -2.92. The van der Waals surface area contributed by atoms with Gasteiger partial charge in [-0.15, -0.1) is 0 Å². The van der Waals surface area contributed by atoms with Gasteiger partial charge in [-0.05, 0) is 43.0 Å². The van der Waals surface area contributed by atoms with Crippen LogP contribution in [0.15, 0.2) is 60.7 Å². The van der Waals surface area contributed by atoms with Gasteiger partial charge in [-0.3, -0.25) is 14.7 Å². The fraction of sp³-hybridized carbons (Fsp3) is 0.360. The molecule has 5 nitrogen and oxygen atoms in total. The summed E-state index contributed by atoms with van der Waals surface area (Å²) in [5, 5.41) is 1.14. The Morgan fingerprint density at radius 2 is 1.83 bits per heavy atom. The Balaban J connectivity index is 1.31. The van der Waals surface area contributed by atoms with Gasteiger partial charge in [-0.1, -0.05) is 36.4 Å². The van der Waals surface area contributed by atoms with E-state index >= 15 is 0 Å². The van der Waals surface area contributed by atoms with E-state index < -0.39 is 0 Å². The fourth-order valence-corrected chi connectivity index (χ4v) is 4.79. The van der Waals surface area contributed by atoms with Crippen LogP contribution in [0.2, 0.25) is 0 Å². The average molecular weight is 399 g/mol. The molecule has 2 fully saturated rings. The molecule has 1 saturated heterocycles. The molecule has 5 heteroatoms. The number of para-hydroxylation sites is 3. The molecule has 1 aliphatic carbocycles. The van der Waals surface area contributed by atoms with Gasteiger partial charge < -0.3 is 9.64 Å². The number of carbonyl (C=O) groups excluding carboxylic acids is 1. The quantitative estimate of drug-likeness (QED) is 0.665. The normalized spacial score (nSPS) is 23.7. The molecule has 0 radical (unpaired) electrons. The SMILES string of the molecule is O=C1[C@@H]2C[C@@H](CN2Cc2ccc3ccccc3n2)Oc2ccccc2N1CC1CC1. The number of pyridine rings is 1. The minimum absolute atomic E-state index is 0.0311. The van der Waals surface area contributed by atoms with Crippen LogP contribution in [0.25, 0.3) is 10.9 Å². The van der Waals surface area contributed by atoms with Crippen LogP contribution in [-0.2, 0) is 11.3 Å². The third kappa shape index (κ3) is 3.23. The topological polar surface area (TPSA) is 45.7 Å². The van der Waals surface area contributed by atoms with Gasteiger partial charge in [0.05, 0.1) is 22.9 Å². The molecule has 3 aromatic rings. The first kappa shape index (κ1) is 17.9. The Kier molecular flexibility index (Phi) is 4.23. The molecule has 2 aliphatic heterocycles. The summed E-state index contributed by atoms with van der Waals surface area (Å²) in [7, 11) is 0. The second-order valence-corrected chi connectivity index (χ2v) is 8.78. The minimum atomic E-state index is -0.157. The monoisotopic (exact) mass is 399 g/mol. The molecule has 152 valence electrons. The number of amides is 1. The molecule has 0 N–H and O–H groups in total. The molecule has 2 atom stereocenters. The predicted octanol–water partition coefficient (Wildman–Crippen LogP) is 4.01. The first-order chi connectivity index (χ1) is 14.7.